The minimum atomic E-state index is 0.605. The highest BCUT2D eigenvalue weighted by Crippen LogP contribution is 2.36. The summed E-state index contributed by atoms with van der Waals surface area (Å²) in [4.78, 5) is 0. The van der Waals surface area contributed by atoms with E-state index in [0.717, 1.165) is 10.9 Å². The van der Waals surface area contributed by atoms with Gasteiger partial charge in [-0.3, -0.25) is 0 Å². The number of aromatic nitrogens is 2. The van der Waals surface area contributed by atoms with Crippen LogP contribution in [0.15, 0.2) is 0 Å². The monoisotopic (exact) mass is 197 g/mol. The zero-order valence-corrected chi connectivity index (χ0v) is 8.68. The SMILES string of the molecule is CC1CCC(c2nnc(N)s2)CC1. The first-order valence-corrected chi connectivity index (χ1v) is 5.66. The summed E-state index contributed by atoms with van der Waals surface area (Å²) in [7, 11) is 0. The van der Waals surface area contributed by atoms with Gasteiger partial charge in [-0.25, -0.2) is 0 Å². The first-order chi connectivity index (χ1) is 6.25. The van der Waals surface area contributed by atoms with Crippen molar-refractivity contribution in [2.75, 3.05) is 5.73 Å². The Labute approximate surface area is 82.4 Å². The summed E-state index contributed by atoms with van der Waals surface area (Å²) >= 11 is 1.55. The molecular weight excluding hydrogens is 182 g/mol. The standard InChI is InChI=1S/C9H15N3S/c1-6-2-4-7(5-3-6)8-11-12-9(10)13-8/h6-7H,2-5H2,1H3,(H2,10,12). The number of nitrogen functional groups attached to an aromatic ring is 1. The molecule has 0 atom stereocenters. The first-order valence-electron chi connectivity index (χ1n) is 4.84. The molecular formula is C9H15N3S. The lowest BCUT2D eigenvalue weighted by atomic mass is 9.83. The predicted octanol–water partition coefficient (Wildman–Crippen LogP) is 2.41. The van der Waals surface area contributed by atoms with E-state index in [0.29, 0.717) is 11.0 Å². The third-order valence-corrected chi connectivity index (χ3v) is 3.74. The average molecular weight is 197 g/mol. The minimum Gasteiger partial charge on any atom is -0.374 e. The van der Waals surface area contributed by atoms with Crippen molar-refractivity contribution in [3.63, 3.8) is 0 Å². The maximum absolute atomic E-state index is 5.56. The van der Waals surface area contributed by atoms with Crippen molar-refractivity contribution in [3.05, 3.63) is 5.01 Å². The van der Waals surface area contributed by atoms with E-state index in [1.807, 2.05) is 0 Å². The quantitative estimate of drug-likeness (QED) is 0.752. The Balaban J connectivity index is 2.02. The van der Waals surface area contributed by atoms with E-state index >= 15 is 0 Å². The Morgan fingerprint density at radius 2 is 1.92 bits per heavy atom. The summed E-state index contributed by atoms with van der Waals surface area (Å²) in [5.41, 5.74) is 5.56. The van der Waals surface area contributed by atoms with Crippen molar-refractivity contribution >= 4 is 16.5 Å². The lowest BCUT2D eigenvalue weighted by molar-refractivity contribution is 0.346. The van der Waals surface area contributed by atoms with Gasteiger partial charge in [0, 0.05) is 5.92 Å². The molecule has 0 spiro atoms. The summed E-state index contributed by atoms with van der Waals surface area (Å²) in [6.45, 7) is 2.32. The first kappa shape index (κ1) is 8.94. The number of rotatable bonds is 1. The van der Waals surface area contributed by atoms with Gasteiger partial charge < -0.3 is 5.73 Å². The van der Waals surface area contributed by atoms with Gasteiger partial charge in [0.2, 0.25) is 5.13 Å². The molecule has 0 radical (unpaired) electrons. The zero-order valence-electron chi connectivity index (χ0n) is 7.86. The van der Waals surface area contributed by atoms with Gasteiger partial charge in [0.15, 0.2) is 0 Å². The molecule has 1 aromatic rings. The van der Waals surface area contributed by atoms with Crippen molar-refractivity contribution in [1.29, 1.82) is 0 Å². The molecule has 0 aromatic carbocycles. The highest BCUT2D eigenvalue weighted by molar-refractivity contribution is 7.15. The number of anilines is 1. The van der Waals surface area contributed by atoms with Gasteiger partial charge in [-0.05, 0) is 18.8 Å². The zero-order chi connectivity index (χ0) is 9.26. The van der Waals surface area contributed by atoms with E-state index < -0.39 is 0 Å². The molecule has 13 heavy (non-hydrogen) atoms. The molecule has 1 aliphatic carbocycles. The van der Waals surface area contributed by atoms with Gasteiger partial charge in [0.25, 0.3) is 0 Å². The lowest BCUT2D eigenvalue weighted by Crippen LogP contribution is -2.10. The molecule has 2 rings (SSSR count). The van der Waals surface area contributed by atoms with Crippen molar-refractivity contribution in [3.8, 4) is 0 Å². The van der Waals surface area contributed by atoms with Crippen LogP contribution < -0.4 is 5.73 Å². The van der Waals surface area contributed by atoms with Gasteiger partial charge >= 0.3 is 0 Å². The van der Waals surface area contributed by atoms with Gasteiger partial charge in [-0.1, -0.05) is 31.1 Å². The van der Waals surface area contributed by atoms with Crippen LogP contribution >= 0.6 is 11.3 Å². The molecule has 3 nitrogen and oxygen atoms in total. The van der Waals surface area contributed by atoms with Crippen molar-refractivity contribution in [1.82, 2.24) is 10.2 Å². The Kier molecular flexibility index (Phi) is 2.49. The Morgan fingerprint density at radius 1 is 1.23 bits per heavy atom. The summed E-state index contributed by atoms with van der Waals surface area (Å²) in [5.74, 6) is 1.52. The largest absolute Gasteiger partial charge is 0.374 e. The molecule has 0 bridgehead atoms. The fourth-order valence-electron chi connectivity index (χ4n) is 1.92. The van der Waals surface area contributed by atoms with Crippen molar-refractivity contribution in [2.24, 2.45) is 5.92 Å². The van der Waals surface area contributed by atoms with Crippen LogP contribution in [0.3, 0.4) is 0 Å². The van der Waals surface area contributed by atoms with E-state index in [1.54, 1.807) is 11.3 Å². The minimum absolute atomic E-state index is 0.605. The van der Waals surface area contributed by atoms with Crippen LogP contribution in [0.25, 0.3) is 0 Å². The highest BCUT2D eigenvalue weighted by Gasteiger charge is 2.22. The molecule has 0 amide bonds. The smallest absolute Gasteiger partial charge is 0.203 e. The number of hydrogen-bond donors (Lipinski definition) is 1. The molecule has 2 N–H and O–H groups in total. The van der Waals surface area contributed by atoms with Crippen molar-refractivity contribution < 1.29 is 0 Å². The lowest BCUT2D eigenvalue weighted by Gasteiger charge is -2.23. The second-order valence-corrected chi connectivity index (χ2v) is 4.98. The highest BCUT2D eigenvalue weighted by atomic mass is 32.1. The normalized spacial score (nSPS) is 29.0. The van der Waals surface area contributed by atoms with Crippen LogP contribution in [-0.4, -0.2) is 10.2 Å². The Bertz CT molecular complexity index is 276. The summed E-state index contributed by atoms with van der Waals surface area (Å²) < 4.78 is 0. The van der Waals surface area contributed by atoms with Crippen LogP contribution in [0.1, 0.15) is 43.5 Å². The average Bonchev–Trinajstić information content (AvgIpc) is 2.53. The Hall–Kier alpha value is -0.640. The molecule has 4 heteroatoms. The summed E-state index contributed by atoms with van der Waals surface area (Å²) in [5, 5.41) is 9.71. The van der Waals surface area contributed by atoms with Crippen LogP contribution in [-0.2, 0) is 0 Å². The van der Waals surface area contributed by atoms with Crippen molar-refractivity contribution in [2.45, 2.75) is 38.5 Å². The molecule has 1 fully saturated rings. The number of hydrogen-bond acceptors (Lipinski definition) is 4. The molecule has 0 unspecified atom stereocenters. The third kappa shape index (κ3) is 1.99. The van der Waals surface area contributed by atoms with E-state index in [4.69, 9.17) is 5.73 Å². The van der Waals surface area contributed by atoms with Crippen LogP contribution in [0.4, 0.5) is 5.13 Å². The molecule has 1 aliphatic rings. The predicted molar refractivity (Wildman–Crippen MR) is 54.7 cm³/mol. The van der Waals surface area contributed by atoms with E-state index in [-0.39, 0.29) is 0 Å². The van der Waals surface area contributed by atoms with Crippen LogP contribution in [0.2, 0.25) is 0 Å². The fourth-order valence-corrected chi connectivity index (χ4v) is 2.70. The second-order valence-electron chi connectivity index (χ2n) is 3.94. The van der Waals surface area contributed by atoms with E-state index in [1.165, 1.54) is 25.7 Å². The van der Waals surface area contributed by atoms with Gasteiger partial charge in [-0.2, -0.15) is 0 Å². The van der Waals surface area contributed by atoms with Crippen LogP contribution in [0.5, 0.6) is 0 Å². The van der Waals surface area contributed by atoms with Crippen LogP contribution in [0, 0.1) is 5.92 Å². The number of nitrogens with two attached hydrogens (primary N) is 1. The maximum atomic E-state index is 5.56. The second kappa shape index (κ2) is 3.62. The van der Waals surface area contributed by atoms with Gasteiger partial charge in [-0.15, -0.1) is 10.2 Å². The van der Waals surface area contributed by atoms with E-state index in [2.05, 4.69) is 17.1 Å². The molecule has 0 saturated heterocycles. The third-order valence-electron chi connectivity index (χ3n) is 2.82. The Morgan fingerprint density at radius 3 is 2.46 bits per heavy atom. The summed E-state index contributed by atoms with van der Waals surface area (Å²) in [6.07, 6.45) is 5.17. The summed E-state index contributed by atoms with van der Waals surface area (Å²) in [6, 6.07) is 0. The van der Waals surface area contributed by atoms with Gasteiger partial charge in [0.1, 0.15) is 5.01 Å². The number of nitrogens with zero attached hydrogens (tertiary/aromatic N) is 2. The van der Waals surface area contributed by atoms with Gasteiger partial charge in [0.05, 0.1) is 0 Å². The topological polar surface area (TPSA) is 51.8 Å². The molecule has 1 heterocycles. The maximum Gasteiger partial charge on any atom is 0.203 e. The van der Waals surface area contributed by atoms with E-state index in [9.17, 15) is 0 Å². The molecule has 1 saturated carbocycles. The molecule has 72 valence electrons. The molecule has 0 aliphatic heterocycles. The fraction of sp³-hybridized carbons (Fsp3) is 0.778. The molecule has 1 aromatic heterocycles.